The molecule has 432 valence electrons. The minimum absolute atomic E-state index is 0.128. The third-order valence-electron chi connectivity index (χ3n) is 12.3. The first-order chi connectivity index (χ1) is 37.6. The number of rotatable bonds is 28. The zero-order valence-corrected chi connectivity index (χ0v) is 47.5. The van der Waals surface area contributed by atoms with Gasteiger partial charge in [0.2, 0.25) is 41.4 Å². The van der Waals surface area contributed by atoms with Gasteiger partial charge in [0.25, 0.3) is 0 Å². The molecule has 0 aliphatic heterocycles. The van der Waals surface area contributed by atoms with Crippen molar-refractivity contribution >= 4 is 53.3 Å². The minimum Gasteiger partial charge on any atom is -0.488 e. The molecule has 4 rings (SSSR count). The molecule has 0 bridgehead atoms. The van der Waals surface area contributed by atoms with E-state index in [1.807, 2.05) is 126 Å². The summed E-state index contributed by atoms with van der Waals surface area (Å²) in [4.78, 5) is 121. The fourth-order valence-electron chi connectivity index (χ4n) is 8.48. The standard InChI is InChI=1S/C60H80N8O12/c1-37(2)34-48(67-53(73)45(61)35-40-26-28-44(29-27-40)79-58(5,6)7)56(76)66-46(31-33-51(71)80-59(8,9)10)54(74)62-36-50(70)65-47(55(75)63-38(3)52(72)64-39(4)57(77)78)30-32-49(69)68-60(41-20-14-11-15-21-41,42-22-16-12-17-23-42)43-24-18-13-19-25-43/h11-29,37-39,45-48H,30-36,61H2,1-10H3,(H,62,74)(H,63,75)(H,64,72)(H,65,70)(H,66,76)(H,67,73)(H,68,69)(H,77,78)/t38-,39-,45-,46-,47-,48-/m0/s1. The number of nitrogens with one attached hydrogen (secondary N) is 7. The van der Waals surface area contributed by atoms with Crippen molar-refractivity contribution in [2.45, 2.75) is 161 Å². The van der Waals surface area contributed by atoms with Crippen LogP contribution in [-0.4, -0.2) is 112 Å². The van der Waals surface area contributed by atoms with E-state index in [9.17, 15) is 48.3 Å². The number of carboxylic acid groups (broad SMARTS) is 1. The average Bonchev–Trinajstić information content (AvgIpc) is 3.39. The van der Waals surface area contributed by atoms with E-state index < -0.39 is 113 Å². The van der Waals surface area contributed by atoms with Crippen LogP contribution in [0.15, 0.2) is 115 Å². The monoisotopic (exact) mass is 1100 g/mol. The van der Waals surface area contributed by atoms with E-state index in [2.05, 4.69) is 37.2 Å². The lowest BCUT2D eigenvalue weighted by Gasteiger charge is -2.37. The van der Waals surface area contributed by atoms with Crippen molar-refractivity contribution in [2.75, 3.05) is 6.54 Å². The maximum Gasteiger partial charge on any atom is 0.325 e. The SMILES string of the molecule is CC(C)C[C@H](NC(=O)[C@@H](N)Cc1ccc(OC(C)(C)C)cc1)C(=O)N[C@@H](CCC(=O)OC(C)(C)C)C(=O)NCC(=O)N[C@@H](CCC(=O)NC(c1ccccc1)(c1ccccc1)c1ccccc1)C(=O)N[C@@H](C)C(=O)N[C@@H](C)C(=O)O. The molecule has 0 unspecified atom stereocenters. The molecule has 0 saturated carbocycles. The Morgan fingerprint density at radius 1 is 0.525 bits per heavy atom. The molecule has 0 aliphatic rings. The number of esters is 1. The van der Waals surface area contributed by atoms with E-state index in [4.69, 9.17) is 15.2 Å². The number of ether oxygens (including phenoxy) is 2. The van der Waals surface area contributed by atoms with E-state index in [-0.39, 0.29) is 44.4 Å². The van der Waals surface area contributed by atoms with Crippen LogP contribution in [0.5, 0.6) is 5.75 Å². The second-order valence-electron chi connectivity index (χ2n) is 22.1. The van der Waals surface area contributed by atoms with Crippen LogP contribution < -0.4 is 47.7 Å². The molecule has 7 amide bonds. The van der Waals surface area contributed by atoms with Gasteiger partial charge in [0.1, 0.15) is 52.7 Å². The summed E-state index contributed by atoms with van der Waals surface area (Å²) in [5, 5.41) is 27.7. The number of carboxylic acids is 1. The number of benzene rings is 4. The normalized spacial score (nSPS) is 13.8. The lowest BCUT2D eigenvalue weighted by molar-refractivity contribution is -0.155. The highest BCUT2D eigenvalue weighted by molar-refractivity contribution is 5.96. The van der Waals surface area contributed by atoms with Crippen LogP contribution in [0.1, 0.15) is 124 Å². The fourth-order valence-corrected chi connectivity index (χ4v) is 8.48. The highest BCUT2D eigenvalue weighted by atomic mass is 16.6. The quantitative estimate of drug-likeness (QED) is 0.0281. The van der Waals surface area contributed by atoms with Crippen molar-refractivity contribution in [3.05, 3.63) is 138 Å². The highest BCUT2D eigenvalue weighted by Crippen LogP contribution is 2.37. The molecule has 0 spiro atoms. The number of nitrogens with two attached hydrogens (primary N) is 1. The zero-order chi connectivity index (χ0) is 59.4. The molecule has 0 heterocycles. The second-order valence-corrected chi connectivity index (χ2v) is 22.1. The largest absolute Gasteiger partial charge is 0.488 e. The van der Waals surface area contributed by atoms with Crippen LogP contribution in [0.4, 0.5) is 0 Å². The number of hydrogen-bond acceptors (Lipinski definition) is 12. The molecule has 20 heteroatoms. The Labute approximate surface area is 468 Å². The summed E-state index contributed by atoms with van der Waals surface area (Å²) in [5.74, 6) is -6.98. The van der Waals surface area contributed by atoms with Crippen LogP contribution in [0.25, 0.3) is 0 Å². The molecule has 6 atom stereocenters. The Balaban J connectivity index is 1.56. The minimum atomic E-state index is -1.51. The topological polar surface area (TPSA) is 303 Å². The summed E-state index contributed by atoms with van der Waals surface area (Å²) in [7, 11) is 0. The van der Waals surface area contributed by atoms with Gasteiger partial charge in [-0.25, -0.2) is 0 Å². The Morgan fingerprint density at radius 3 is 1.49 bits per heavy atom. The number of carbonyl (C=O) groups excluding carboxylic acids is 8. The predicted molar refractivity (Wildman–Crippen MR) is 301 cm³/mol. The number of hydrogen-bond donors (Lipinski definition) is 9. The Bertz CT molecular complexity index is 2630. The molecule has 0 saturated heterocycles. The summed E-state index contributed by atoms with van der Waals surface area (Å²) in [5.41, 5.74) is 6.76. The van der Waals surface area contributed by atoms with Gasteiger partial charge in [-0.15, -0.1) is 0 Å². The first-order valence-corrected chi connectivity index (χ1v) is 26.8. The molecular formula is C60H80N8O12. The van der Waals surface area contributed by atoms with Crippen LogP contribution in [0, 0.1) is 5.92 Å². The van der Waals surface area contributed by atoms with Crippen LogP contribution in [-0.2, 0) is 59.8 Å². The lowest BCUT2D eigenvalue weighted by Crippen LogP contribution is -2.57. The van der Waals surface area contributed by atoms with Gasteiger partial charge in [-0.05, 0) is 121 Å². The predicted octanol–water partition coefficient (Wildman–Crippen LogP) is 4.45. The molecule has 0 aliphatic carbocycles. The Hall–Kier alpha value is -8.13. The first kappa shape index (κ1) is 64.4. The smallest absolute Gasteiger partial charge is 0.325 e. The van der Waals surface area contributed by atoms with E-state index in [0.717, 1.165) is 22.3 Å². The van der Waals surface area contributed by atoms with E-state index in [0.29, 0.717) is 5.75 Å². The molecule has 0 aromatic heterocycles. The van der Waals surface area contributed by atoms with Gasteiger partial charge in [-0.1, -0.05) is 117 Å². The maximum atomic E-state index is 14.4. The average molecular weight is 1110 g/mol. The van der Waals surface area contributed by atoms with Gasteiger partial charge in [0, 0.05) is 12.8 Å². The molecule has 0 fully saturated rings. The summed E-state index contributed by atoms with van der Waals surface area (Å²) in [6.45, 7) is 16.2. The number of aliphatic carboxylic acids is 1. The third-order valence-corrected chi connectivity index (χ3v) is 12.3. The lowest BCUT2D eigenvalue weighted by atomic mass is 9.77. The molecule has 0 radical (unpaired) electrons. The van der Waals surface area contributed by atoms with Gasteiger partial charge >= 0.3 is 11.9 Å². The van der Waals surface area contributed by atoms with E-state index in [1.54, 1.807) is 45.0 Å². The molecule has 10 N–H and O–H groups in total. The molecule has 4 aromatic rings. The highest BCUT2D eigenvalue weighted by Gasteiger charge is 2.39. The van der Waals surface area contributed by atoms with E-state index in [1.165, 1.54) is 13.8 Å². The van der Waals surface area contributed by atoms with Crippen molar-refractivity contribution in [1.29, 1.82) is 0 Å². The second kappa shape index (κ2) is 29.7. The molecular weight excluding hydrogens is 1020 g/mol. The van der Waals surface area contributed by atoms with Gasteiger partial charge in [0.05, 0.1) is 12.6 Å². The van der Waals surface area contributed by atoms with Gasteiger partial charge in [-0.3, -0.25) is 43.2 Å². The van der Waals surface area contributed by atoms with Crippen molar-refractivity contribution in [3.8, 4) is 5.75 Å². The summed E-state index contributed by atoms with van der Waals surface area (Å²) in [6, 6.07) is 27.2. The van der Waals surface area contributed by atoms with Gasteiger partial charge in [0.15, 0.2) is 0 Å². The zero-order valence-electron chi connectivity index (χ0n) is 47.5. The van der Waals surface area contributed by atoms with Crippen LogP contribution in [0.2, 0.25) is 0 Å². The molecule has 20 nitrogen and oxygen atoms in total. The first-order valence-electron chi connectivity index (χ1n) is 26.8. The van der Waals surface area contributed by atoms with Gasteiger partial charge < -0.3 is 57.5 Å². The molecule has 80 heavy (non-hydrogen) atoms. The third kappa shape index (κ3) is 20.9. The van der Waals surface area contributed by atoms with Crippen molar-refractivity contribution in [3.63, 3.8) is 0 Å². The Morgan fingerprint density at radius 2 is 1.00 bits per heavy atom. The van der Waals surface area contributed by atoms with Crippen LogP contribution >= 0.6 is 0 Å². The summed E-state index contributed by atoms with van der Waals surface area (Å²) >= 11 is 0. The van der Waals surface area contributed by atoms with Crippen molar-refractivity contribution in [1.82, 2.24) is 37.2 Å². The van der Waals surface area contributed by atoms with Crippen molar-refractivity contribution < 1.29 is 57.7 Å². The Kier molecular flexibility index (Phi) is 23.9. The summed E-state index contributed by atoms with van der Waals surface area (Å²) < 4.78 is 11.3. The fraction of sp³-hybridized carbons (Fsp3) is 0.450. The van der Waals surface area contributed by atoms with Crippen molar-refractivity contribution in [2.24, 2.45) is 11.7 Å². The number of amides is 7. The van der Waals surface area contributed by atoms with Crippen LogP contribution in [0.3, 0.4) is 0 Å². The van der Waals surface area contributed by atoms with E-state index >= 15 is 0 Å². The number of carbonyl (C=O) groups is 9. The summed E-state index contributed by atoms with van der Waals surface area (Å²) in [6.07, 6.45) is -1.04. The molecule has 4 aromatic carbocycles. The maximum absolute atomic E-state index is 14.4. The van der Waals surface area contributed by atoms with Gasteiger partial charge in [-0.2, -0.15) is 0 Å².